The second-order valence-corrected chi connectivity index (χ2v) is 5.88. The Bertz CT molecular complexity index is 198. The van der Waals surface area contributed by atoms with Crippen molar-refractivity contribution in [1.29, 1.82) is 0 Å². The highest BCUT2D eigenvalue weighted by Crippen LogP contribution is 2.17. The van der Waals surface area contributed by atoms with Gasteiger partial charge in [0.15, 0.2) is 0 Å². The lowest BCUT2D eigenvalue weighted by molar-refractivity contribution is 0.0146. The standard InChI is InChI=1S/C15H33NO3.H2/c1-6-8-17-10-12-19-13-11-18-9-7-16-14(2)15(3,4)5;/h14,16H,6-13H2,1-5H3;1H. The summed E-state index contributed by atoms with van der Waals surface area (Å²) in [6.45, 7) is 16.1. The molecule has 0 rings (SSSR count). The molecule has 0 aliphatic carbocycles. The van der Waals surface area contributed by atoms with E-state index in [9.17, 15) is 0 Å². The van der Waals surface area contributed by atoms with Gasteiger partial charge in [-0.3, -0.25) is 0 Å². The molecule has 0 spiro atoms. The quantitative estimate of drug-likeness (QED) is 0.557. The molecule has 0 fully saturated rings. The Morgan fingerprint density at radius 2 is 1.37 bits per heavy atom. The zero-order chi connectivity index (χ0) is 14.6. The SMILES string of the molecule is CCCOCCOCCOCCNC(C)C(C)(C)C.[HH]. The number of rotatable bonds is 12. The summed E-state index contributed by atoms with van der Waals surface area (Å²) < 4.78 is 16.2. The van der Waals surface area contributed by atoms with E-state index >= 15 is 0 Å². The highest BCUT2D eigenvalue weighted by Gasteiger charge is 2.18. The molecule has 4 nitrogen and oxygen atoms in total. The molecule has 0 heterocycles. The molecule has 19 heavy (non-hydrogen) atoms. The van der Waals surface area contributed by atoms with Crippen molar-refractivity contribution in [1.82, 2.24) is 5.32 Å². The van der Waals surface area contributed by atoms with Crippen LogP contribution in [0.2, 0.25) is 0 Å². The van der Waals surface area contributed by atoms with Crippen LogP contribution in [0.3, 0.4) is 0 Å². The lowest BCUT2D eigenvalue weighted by Gasteiger charge is -2.28. The Balaban J connectivity index is 0. The fourth-order valence-electron chi connectivity index (χ4n) is 1.34. The van der Waals surface area contributed by atoms with Crippen LogP contribution in [0.4, 0.5) is 0 Å². The van der Waals surface area contributed by atoms with Gasteiger partial charge in [0.2, 0.25) is 0 Å². The summed E-state index contributed by atoms with van der Waals surface area (Å²) in [5.41, 5.74) is 0.293. The van der Waals surface area contributed by atoms with E-state index < -0.39 is 0 Å². The van der Waals surface area contributed by atoms with E-state index in [0.29, 0.717) is 37.9 Å². The van der Waals surface area contributed by atoms with Gasteiger partial charge in [0.25, 0.3) is 0 Å². The first-order valence-electron chi connectivity index (χ1n) is 7.45. The molecule has 118 valence electrons. The van der Waals surface area contributed by atoms with Gasteiger partial charge in [-0.15, -0.1) is 0 Å². The summed E-state index contributed by atoms with van der Waals surface area (Å²) in [7, 11) is 0. The maximum absolute atomic E-state index is 5.50. The van der Waals surface area contributed by atoms with Crippen LogP contribution in [0.25, 0.3) is 0 Å². The Morgan fingerprint density at radius 1 is 0.895 bits per heavy atom. The largest absolute Gasteiger partial charge is 0.379 e. The predicted molar refractivity (Wildman–Crippen MR) is 81.8 cm³/mol. The van der Waals surface area contributed by atoms with E-state index in [0.717, 1.165) is 26.2 Å². The van der Waals surface area contributed by atoms with Gasteiger partial charge < -0.3 is 19.5 Å². The number of nitrogens with one attached hydrogen (secondary N) is 1. The van der Waals surface area contributed by atoms with Crippen LogP contribution in [0.15, 0.2) is 0 Å². The predicted octanol–water partition coefficient (Wildman–Crippen LogP) is 2.72. The minimum atomic E-state index is 0. The molecule has 0 radical (unpaired) electrons. The van der Waals surface area contributed by atoms with Gasteiger partial charge in [-0.05, 0) is 18.8 Å². The third-order valence-corrected chi connectivity index (χ3v) is 3.09. The van der Waals surface area contributed by atoms with Crippen LogP contribution in [0, 0.1) is 5.41 Å². The average molecular weight is 277 g/mol. The van der Waals surface area contributed by atoms with Gasteiger partial charge in [-0.2, -0.15) is 0 Å². The van der Waals surface area contributed by atoms with Gasteiger partial charge in [-0.25, -0.2) is 0 Å². The van der Waals surface area contributed by atoms with Crippen LogP contribution >= 0.6 is 0 Å². The van der Waals surface area contributed by atoms with Crippen LogP contribution in [0.5, 0.6) is 0 Å². The first-order chi connectivity index (χ1) is 8.98. The van der Waals surface area contributed by atoms with E-state index in [1.807, 2.05) is 0 Å². The Hall–Kier alpha value is -0.160. The first kappa shape index (κ1) is 18.8. The first-order valence-corrected chi connectivity index (χ1v) is 7.45. The van der Waals surface area contributed by atoms with E-state index in [-0.39, 0.29) is 1.43 Å². The molecule has 0 aliphatic rings. The highest BCUT2D eigenvalue weighted by atomic mass is 16.5. The van der Waals surface area contributed by atoms with Gasteiger partial charge in [0.1, 0.15) is 0 Å². The van der Waals surface area contributed by atoms with Gasteiger partial charge in [0, 0.05) is 20.6 Å². The topological polar surface area (TPSA) is 39.7 Å². The Morgan fingerprint density at radius 3 is 1.84 bits per heavy atom. The van der Waals surface area contributed by atoms with Gasteiger partial charge in [-0.1, -0.05) is 27.7 Å². The van der Waals surface area contributed by atoms with Gasteiger partial charge >= 0.3 is 0 Å². The summed E-state index contributed by atoms with van der Waals surface area (Å²) >= 11 is 0. The van der Waals surface area contributed by atoms with Crippen LogP contribution in [-0.4, -0.2) is 52.2 Å². The van der Waals surface area contributed by atoms with Crippen molar-refractivity contribution in [3.63, 3.8) is 0 Å². The summed E-state index contributed by atoms with van der Waals surface area (Å²) in [4.78, 5) is 0. The van der Waals surface area contributed by atoms with Crippen molar-refractivity contribution < 1.29 is 15.6 Å². The molecule has 1 unspecified atom stereocenters. The average Bonchev–Trinajstić information content (AvgIpc) is 2.34. The molecule has 1 atom stereocenters. The zero-order valence-corrected chi connectivity index (χ0v) is 13.5. The van der Waals surface area contributed by atoms with Gasteiger partial charge in [0.05, 0.1) is 33.0 Å². The van der Waals surface area contributed by atoms with Crippen LogP contribution in [-0.2, 0) is 14.2 Å². The van der Waals surface area contributed by atoms with Crippen molar-refractivity contribution in [3.05, 3.63) is 0 Å². The molecule has 0 amide bonds. The lowest BCUT2D eigenvalue weighted by atomic mass is 9.88. The smallest absolute Gasteiger partial charge is 0.0701 e. The second kappa shape index (κ2) is 11.6. The Labute approximate surface area is 120 Å². The molecule has 0 aromatic rings. The Kier molecular flexibility index (Phi) is 11.6. The van der Waals surface area contributed by atoms with Crippen LogP contribution in [0.1, 0.15) is 42.5 Å². The van der Waals surface area contributed by atoms with E-state index in [1.54, 1.807) is 0 Å². The number of hydrogen-bond acceptors (Lipinski definition) is 4. The summed E-state index contributed by atoms with van der Waals surface area (Å²) in [5, 5.41) is 3.46. The molecule has 0 saturated heterocycles. The molecule has 1 N–H and O–H groups in total. The van der Waals surface area contributed by atoms with E-state index in [2.05, 4.69) is 39.9 Å². The maximum Gasteiger partial charge on any atom is 0.0701 e. The number of hydrogen-bond donors (Lipinski definition) is 1. The van der Waals surface area contributed by atoms with Crippen LogP contribution < -0.4 is 5.32 Å². The molecular weight excluding hydrogens is 242 g/mol. The van der Waals surface area contributed by atoms with E-state index in [1.165, 1.54) is 0 Å². The minimum absolute atomic E-state index is 0. The fourth-order valence-corrected chi connectivity index (χ4v) is 1.34. The molecular formula is C15H35NO3. The van der Waals surface area contributed by atoms with Crippen molar-refractivity contribution in [2.24, 2.45) is 5.41 Å². The highest BCUT2D eigenvalue weighted by molar-refractivity contribution is 4.75. The second-order valence-electron chi connectivity index (χ2n) is 5.88. The molecule has 0 aromatic carbocycles. The van der Waals surface area contributed by atoms with Crippen molar-refractivity contribution in [2.45, 2.75) is 47.1 Å². The molecule has 0 aliphatic heterocycles. The van der Waals surface area contributed by atoms with Crippen molar-refractivity contribution in [2.75, 3.05) is 46.2 Å². The monoisotopic (exact) mass is 277 g/mol. The molecule has 0 aromatic heterocycles. The lowest BCUT2D eigenvalue weighted by Crippen LogP contribution is -2.39. The summed E-state index contributed by atoms with van der Waals surface area (Å²) in [6.07, 6.45) is 1.06. The van der Waals surface area contributed by atoms with Crippen molar-refractivity contribution >= 4 is 0 Å². The third-order valence-electron chi connectivity index (χ3n) is 3.09. The third kappa shape index (κ3) is 12.6. The normalized spacial score (nSPS) is 13.7. The fraction of sp³-hybridized carbons (Fsp3) is 1.00. The van der Waals surface area contributed by atoms with E-state index in [4.69, 9.17) is 14.2 Å². The summed E-state index contributed by atoms with van der Waals surface area (Å²) in [6, 6.07) is 0.489. The molecule has 0 saturated carbocycles. The summed E-state index contributed by atoms with van der Waals surface area (Å²) in [5.74, 6) is 0. The zero-order valence-electron chi connectivity index (χ0n) is 13.5. The maximum atomic E-state index is 5.50. The molecule has 0 bridgehead atoms. The van der Waals surface area contributed by atoms with Crippen molar-refractivity contribution in [3.8, 4) is 0 Å². The minimum Gasteiger partial charge on any atom is -0.379 e. The number of ether oxygens (including phenoxy) is 3. The molecule has 4 heteroatoms.